The summed E-state index contributed by atoms with van der Waals surface area (Å²) in [5.41, 5.74) is 7.54. The Kier molecular flexibility index (Phi) is 3.67. The number of rotatable bonds is 1. The van der Waals surface area contributed by atoms with E-state index in [1.165, 1.54) is 41.6 Å². The molecule has 126 valence electrons. The summed E-state index contributed by atoms with van der Waals surface area (Å²) in [4.78, 5) is 0. The van der Waals surface area contributed by atoms with Crippen molar-refractivity contribution in [3.8, 4) is 5.69 Å². The van der Waals surface area contributed by atoms with Gasteiger partial charge >= 0.3 is 0 Å². The third-order valence-electron chi connectivity index (χ3n) is 5.43. The van der Waals surface area contributed by atoms with Crippen molar-refractivity contribution in [2.75, 3.05) is 0 Å². The number of aryl methyl sites for hydroxylation is 2. The third-order valence-corrected chi connectivity index (χ3v) is 6.09. The highest BCUT2D eigenvalue weighted by molar-refractivity contribution is 6.35. The molecule has 0 saturated carbocycles. The van der Waals surface area contributed by atoms with Gasteiger partial charge in [-0.3, -0.25) is 0 Å². The zero-order valence-corrected chi connectivity index (χ0v) is 15.2. The molecule has 1 aliphatic carbocycles. The number of hydrogen-bond acceptors (Lipinski definition) is 1. The molecule has 0 amide bonds. The minimum atomic E-state index is 0.125. The van der Waals surface area contributed by atoms with Gasteiger partial charge in [0.2, 0.25) is 0 Å². The van der Waals surface area contributed by atoms with Crippen LogP contribution in [0.1, 0.15) is 40.4 Å². The van der Waals surface area contributed by atoms with Crippen LogP contribution in [0.25, 0.3) is 5.69 Å². The van der Waals surface area contributed by atoms with Crippen molar-refractivity contribution in [1.82, 2.24) is 9.88 Å². The Morgan fingerprint density at radius 1 is 0.960 bits per heavy atom. The van der Waals surface area contributed by atoms with E-state index in [2.05, 4.69) is 46.4 Å². The Hall–Kier alpha value is -1.74. The number of hydrogen-bond donors (Lipinski definition) is 1. The summed E-state index contributed by atoms with van der Waals surface area (Å²) in [6.45, 7) is 0.693. The molecule has 0 radical (unpaired) electrons. The highest BCUT2D eigenvalue weighted by Gasteiger charge is 2.26. The molecular formula is C21H18Cl2N2. The molecule has 0 saturated heterocycles. The summed E-state index contributed by atoms with van der Waals surface area (Å²) in [5.74, 6) is 0. The van der Waals surface area contributed by atoms with Crippen LogP contribution in [0.15, 0.2) is 48.7 Å². The smallest absolute Gasteiger partial charge is 0.0737 e. The molecule has 1 aromatic heterocycles. The second kappa shape index (κ2) is 5.91. The van der Waals surface area contributed by atoms with Crippen LogP contribution in [0.3, 0.4) is 0 Å². The molecular weight excluding hydrogens is 351 g/mol. The van der Waals surface area contributed by atoms with Gasteiger partial charge in [-0.25, -0.2) is 0 Å². The largest absolute Gasteiger partial charge is 0.317 e. The number of fused-ring (bicyclic) bond motifs is 4. The molecule has 1 N–H and O–H groups in total. The average Bonchev–Trinajstić information content (AvgIpc) is 3.24. The summed E-state index contributed by atoms with van der Waals surface area (Å²) in [6.07, 6.45) is 5.74. The van der Waals surface area contributed by atoms with Crippen LogP contribution in [-0.2, 0) is 19.4 Å². The number of nitrogens with zero attached hydrogens (tertiary/aromatic N) is 1. The summed E-state index contributed by atoms with van der Waals surface area (Å²) in [6, 6.07) is 15.0. The maximum atomic E-state index is 6.53. The van der Waals surface area contributed by atoms with E-state index in [1.807, 2.05) is 12.1 Å². The van der Waals surface area contributed by atoms with Gasteiger partial charge in [0.05, 0.1) is 16.8 Å². The second-order valence-corrected chi connectivity index (χ2v) is 7.67. The normalized spacial score (nSPS) is 18.4. The molecule has 4 heteroatoms. The fourth-order valence-corrected chi connectivity index (χ4v) is 4.70. The van der Waals surface area contributed by atoms with E-state index in [9.17, 15) is 0 Å². The monoisotopic (exact) mass is 368 g/mol. The van der Waals surface area contributed by atoms with E-state index in [0.29, 0.717) is 6.54 Å². The third kappa shape index (κ3) is 2.43. The van der Waals surface area contributed by atoms with Crippen LogP contribution in [0.5, 0.6) is 0 Å². The van der Waals surface area contributed by atoms with E-state index >= 15 is 0 Å². The lowest BCUT2D eigenvalue weighted by Gasteiger charge is -2.19. The SMILES string of the molecule is Clc1ccc(Cl)c2c1CNC(c1ccc3c(c1)CCC3)c1cccn1-2. The molecule has 0 fully saturated rings. The van der Waals surface area contributed by atoms with Gasteiger partial charge in [-0.1, -0.05) is 41.4 Å². The van der Waals surface area contributed by atoms with Crippen LogP contribution < -0.4 is 5.32 Å². The minimum absolute atomic E-state index is 0.125. The quantitative estimate of drug-likeness (QED) is 0.602. The molecule has 1 unspecified atom stereocenters. The van der Waals surface area contributed by atoms with Gasteiger partial charge in [-0.05, 0) is 60.2 Å². The van der Waals surface area contributed by atoms with Crippen molar-refractivity contribution in [1.29, 1.82) is 0 Å². The van der Waals surface area contributed by atoms with Gasteiger partial charge < -0.3 is 9.88 Å². The van der Waals surface area contributed by atoms with Gasteiger partial charge in [0.25, 0.3) is 0 Å². The van der Waals surface area contributed by atoms with E-state index in [-0.39, 0.29) is 6.04 Å². The molecule has 3 aromatic rings. The number of nitrogens with one attached hydrogen (secondary N) is 1. The van der Waals surface area contributed by atoms with Crippen LogP contribution in [0.4, 0.5) is 0 Å². The van der Waals surface area contributed by atoms with Gasteiger partial charge in [0, 0.05) is 29.0 Å². The molecule has 2 aliphatic rings. The minimum Gasteiger partial charge on any atom is -0.317 e. The lowest BCUT2D eigenvalue weighted by molar-refractivity contribution is 0.600. The van der Waals surface area contributed by atoms with E-state index in [4.69, 9.17) is 23.2 Å². The van der Waals surface area contributed by atoms with Crippen LogP contribution >= 0.6 is 23.2 Å². The first kappa shape index (κ1) is 15.5. The standard InChI is InChI=1S/C21H18Cl2N2/c22-17-8-9-18(23)21-16(17)12-24-20(19-5-2-10-25(19)21)15-7-6-13-3-1-4-14(13)11-15/h2,5-11,20,24H,1,3-4,12H2. The Balaban J connectivity index is 1.67. The number of benzene rings is 2. The molecule has 1 aliphatic heterocycles. The van der Waals surface area contributed by atoms with Gasteiger partial charge in [-0.15, -0.1) is 0 Å². The van der Waals surface area contributed by atoms with Crippen molar-refractivity contribution in [3.05, 3.63) is 86.7 Å². The maximum absolute atomic E-state index is 6.53. The van der Waals surface area contributed by atoms with Crippen molar-refractivity contribution < 1.29 is 0 Å². The summed E-state index contributed by atoms with van der Waals surface area (Å²) >= 11 is 13.0. The Bertz CT molecular complexity index is 974. The van der Waals surface area contributed by atoms with Gasteiger partial charge in [0.15, 0.2) is 0 Å². The maximum Gasteiger partial charge on any atom is 0.0737 e. The van der Waals surface area contributed by atoms with E-state index in [1.54, 1.807) is 0 Å². The van der Waals surface area contributed by atoms with Crippen molar-refractivity contribution in [3.63, 3.8) is 0 Å². The topological polar surface area (TPSA) is 17.0 Å². The molecule has 25 heavy (non-hydrogen) atoms. The van der Waals surface area contributed by atoms with Crippen LogP contribution in [0, 0.1) is 0 Å². The summed E-state index contributed by atoms with van der Waals surface area (Å²) in [5, 5.41) is 5.17. The lowest BCUT2D eigenvalue weighted by Crippen LogP contribution is -2.21. The number of aromatic nitrogens is 1. The zero-order valence-electron chi connectivity index (χ0n) is 13.7. The first-order valence-electron chi connectivity index (χ1n) is 8.72. The van der Waals surface area contributed by atoms with Crippen LogP contribution in [0.2, 0.25) is 10.0 Å². The second-order valence-electron chi connectivity index (χ2n) is 6.86. The van der Waals surface area contributed by atoms with E-state index in [0.717, 1.165) is 21.3 Å². The predicted octanol–water partition coefficient (Wildman–Crippen LogP) is 5.47. The van der Waals surface area contributed by atoms with E-state index < -0.39 is 0 Å². The lowest BCUT2D eigenvalue weighted by atomic mass is 9.99. The fourth-order valence-electron chi connectivity index (χ4n) is 4.21. The predicted molar refractivity (Wildman–Crippen MR) is 103 cm³/mol. The summed E-state index contributed by atoms with van der Waals surface area (Å²) in [7, 11) is 0. The highest BCUT2D eigenvalue weighted by atomic mass is 35.5. The molecule has 1 atom stereocenters. The average molecular weight is 369 g/mol. The van der Waals surface area contributed by atoms with Crippen molar-refractivity contribution in [2.45, 2.75) is 31.8 Å². The zero-order chi connectivity index (χ0) is 17.0. The first-order valence-corrected chi connectivity index (χ1v) is 9.47. The van der Waals surface area contributed by atoms with Crippen molar-refractivity contribution >= 4 is 23.2 Å². The molecule has 5 rings (SSSR count). The summed E-state index contributed by atoms with van der Waals surface area (Å²) < 4.78 is 2.18. The first-order chi connectivity index (χ1) is 12.2. The Morgan fingerprint density at radius 3 is 2.72 bits per heavy atom. The van der Waals surface area contributed by atoms with Crippen LogP contribution in [-0.4, -0.2) is 4.57 Å². The molecule has 2 aromatic carbocycles. The Labute approximate surface area is 157 Å². The van der Waals surface area contributed by atoms with Gasteiger partial charge in [0.1, 0.15) is 0 Å². The van der Waals surface area contributed by atoms with Gasteiger partial charge in [-0.2, -0.15) is 0 Å². The molecule has 2 heterocycles. The molecule has 0 bridgehead atoms. The molecule has 2 nitrogen and oxygen atoms in total. The number of halogens is 2. The van der Waals surface area contributed by atoms with Crippen molar-refractivity contribution in [2.24, 2.45) is 0 Å². The fraction of sp³-hybridized carbons (Fsp3) is 0.238. The Morgan fingerprint density at radius 2 is 1.80 bits per heavy atom. The molecule has 0 spiro atoms. The highest BCUT2D eigenvalue weighted by Crippen LogP contribution is 2.37.